The average Bonchev–Trinajstić information content (AvgIpc) is 2.98. The van der Waals surface area contributed by atoms with E-state index in [1.165, 1.54) is 13.0 Å². The first-order valence-corrected chi connectivity index (χ1v) is 14.5. The van der Waals surface area contributed by atoms with Gasteiger partial charge in [0.05, 0.1) is 33.0 Å². The van der Waals surface area contributed by atoms with Crippen LogP contribution in [-0.4, -0.2) is 44.5 Å². The smallest absolute Gasteiger partial charge is 0.330 e. The quantitative estimate of drug-likeness (QED) is 0.0714. The predicted octanol–water partition coefficient (Wildman–Crippen LogP) is 7.16. The van der Waals surface area contributed by atoms with Crippen LogP contribution in [-0.2, 0) is 41.8 Å². The number of methoxy groups -OCH3 is 1. The van der Waals surface area contributed by atoms with Gasteiger partial charge in [-0.25, -0.2) is 4.79 Å². The summed E-state index contributed by atoms with van der Waals surface area (Å²) in [5.41, 5.74) is 3.12. The molecule has 0 fully saturated rings. The van der Waals surface area contributed by atoms with Crippen molar-refractivity contribution in [1.29, 1.82) is 0 Å². The molecule has 7 heteroatoms. The summed E-state index contributed by atoms with van der Waals surface area (Å²) in [7, 11) is 1.64. The van der Waals surface area contributed by atoms with E-state index in [1.54, 1.807) is 7.11 Å². The van der Waals surface area contributed by atoms with Gasteiger partial charge in [-0.1, -0.05) is 67.1 Å². The Morgan fingerprint density at radius 2 is 1.69 bits per heavy atom. The third-order valence-electron chi connectivity index (χ3n) is 6.64. The summed E-state index contributed by atoms with van der Waals surface area (Å²) >= 11 is 0. The number of rotatable bonds is 20. The minimum atomic E-state index is -0.390. The Bertz CT molecular complexity index is 1120. The highest BCUT2D eigenvalue weighted by atomic mass is 16.5. The number of carbonyl (C=O) groups is 2. The van der Waals surface area contributed by atoms with Crippen LogP contribution in [0.5, 0.6) is 5.75 Å². The Morgan fingerprint density at radius 1 is 0.976 bits per heavy atom. The molecular formula is C35H46O7. The van der Waals surface area contributed by atoms with E-state index in [2.05, 4.69) is 6.58 Å². The Morgan fingerprint density at radius 3 is 2.36 bits per heavy atom. The SMILES string of the molecule is C=C[C@H](CCC/C=C/C(=O)O[C@H](C/C(C)=C/COC(C)=O)[C@H](C)COCc1ccccc1)OCc1ccc(OC)cc1. The Balaban J connectivity index is 1.82. The first-order chi connectivity index (χ1) is 20.3. The number of benzene rings is 2. The van der Waals surface area contributed by atoms with Crippen LogP contribution < -0.4 is 4.74 Å². The Labute approximate surface area is 251 Å². The molecule has 0 heterocycles. The van der Waals surface area contributed by atoms with Crippen LogP contribution in [0.1, 0.15) is 57.6 Å². The lowest BCUT2D eigenvalue weighted by molar-refractivity contribution is -0.146. The fourth-order valence-corrected chi connectivity index (χ4v) is 4.10. The second-order valence-corrected chi connectivity index (χ2v) is 10.3. The molecule has 3 atom stereocenters. The largest absolute Gasteiger partial charge is 0.497 e. The summed E-state index contributed by atoms with van der Waals surface area (Å²) in [5, 5.41) is 0. The highest BCUT2D eigenvalue weighted by Crippen LogP contribution is 2.19. The molecule has 0 spiro atoms. The molecule has 0 aliphatic rings. The zero-order valence-corrected chi connectivity index (χ0v) is 25.5. The van der Waals surface area contributed by atoms with Crippen molar-refractivity contribution in [2.75, 3.05) is 20.3 Å². The monoisotopic (exact) mass is 578 g/mol. The molecule has 0 radical (unpaired) electrons. The van der Waals surface area contributed by atoms with Gasteiger partial charge in [0.1, 0.15) is 18.5 Å². The molecule has 0 unspecified atom stereocenters. The lowest BCUT2D eigenvalue weighted by Crippen LogP contribution is -2.28. The van der Waals surface area contributed by atoms with E-state index in [-0.39, 0.29) is 30.7 Å². The van der Waals surface area contributed by atoms with Crippen LogP contribution in [0.25, 0.3) is 0 Å². The van der Waals surface area contributed by atoms with Crippen molar-refractivity contribution < 1.29 is 33.3 Å². The van der Waals surface area contributed by atoms with Crippen molar-refractivity contribution in [3.8, 4) is 5.75 Å². The molecule has 2 aromatic rings. The van der Waals surface area contributed by atoms with Gasteiger partial charge in [-0.05, 0) is 55.5 Å². The molecule has 0 amide bonds. The molecule has 0 aliphatic carbocycles. The van der Waals surface area contributed by atoms with Crippen LogP contribution in [0, 0.1) is 5.92 Å². The van der Waals surface area contributed by atoms with Crippen LogP contribution in [0.15, 0.2) is 91.1 Å². The summed E-state index contributed by atoms with van der Waals surface area (Å²) in [5.74, 6) is 0.0449. The summed E-state index contributed by atoms with van der Waals surface area (Å²) in [6.07, 6.45) is 9.38. The van der Waals surface area contributed by atoms with E-state index in [9.17, 15) is 9.59 Å². The molecule has 2 aromatic carbocycles. The topological polar surface area (TPSA) is 80.3 Å². The molecule has 0 aliphatic heterocycles. The predicted molar refractivity (Wildman–Crippen MR) is 165 cm³/mol. The highest BCUT2D eigenvalue weighted by molar-refractivity contribution is 5.82. The van der Waals surface area contributed by atoms with Crippen molar-refractivity contribution in [1.82, 2.24) is 0 Å². The summed E-state index contributed by atoms with van der Waals surface area (Å²) in [4.78, 5) is 23.8. The molecule has 0 saturated carbocycles. The standard InChI is InChI=1S/C35H46O7/c1-6-32(41-26-31-17-19-33(38-5)20-18-31)15-11-8-12-16-35(37)42-34(23-27(2)21-22-40-29(4)36)28(3)24-39-25-30-13-9-7-10-14-30/h6-7,9-10,12-14,16-21,28,32,34H,1,8,11,15,22-26H2,2-5H3/b16-12+,27-21+/t28-,32-,34-/m1/s1. The van der Waals surface area contributed by atoms with Crippen molar-refractivity contribution in [2.24, 2.45) is 5.92 Å². The number of hydrogen-bond acceptors (Lipinski definition) is 7. The molecule has 7 nitrogen and oxygen atoms in total. The van der Waals surface area contributed by atoms with Crippen molar-refractivity contribution >= 4 is 11.9 Å². The zero-order chi connectivity index (χ0) is 30.6. The van der Waals surface area contributed by atoms with Crippen LogP contribution in [0.4, 0.5) is 0 Å². The lowest BCUT2D eigenvalue weighted by Gasteiger charge is -2.24. The van der Waals surface area contributed by atoms with Crippen molar-refractivity contribution in [2.45, 2.75) is 71.9 Å². The van der Waals surface area contributed by atoms with Gasteiger partial charge < -0.3 is 23.7 Å². The number of unbranched alkanes of at least 4 members (excludes halogenated alkanes) is 1. The summed E-state index contributed by atoms with van der Waals surface area (Å²) in [6.45, 7) is 10.8. The van der Waals surface area contributed by atoms with E-state index < -0.39 is 5.97 Å². The maximum absolute atomic E-state index is 12.7. The second-order valence-electron chi connectivity index (χ2n) is 10.3. The minimum Gasteiger partial charge on any atom is -0.497 e. The molecule has 0 bridgehead atoms. The number of allylic oxidation sites excluding steroid dienone is 1. The molecule has 0 aromatic heterocycles. The molecular weight excluding hydrogens is 532 g/mol. The highest BCUT2D eigenvalue weighted by Gasteiger charge is 2.22. The lowest BCUT2D eigenvalue weighted by atomic mass is 9.98. The van der Waals surface area contributed by atoms with E-state index in [0.29, 0.717) is 32.7 Å². The fraction of sp³-hybridized carbons (Fsp3) is 0.429. The van der Waals surface area contributed by atoms with Crippen molar-refractivity contribution in [3.05, 3.63) is 102 Å². The van der Waals surface area contributed by atoms with E-state index in [1.807, 2.05) is 86.7 Å². The maximum atomic E-state index is 12.7. The third kappa shape index (κ3) is 14.8. The molecule has 42 heavy (non-hydrogen) atoms. The molecule has 0 saturated heterocycles. The number of esters is 2. The van der Waals surface area contributed by atoms with Crippen LogP contribution >= 0.6 is 0 Å². The van der Waals surface area contributed by atoms with Gasteiger partial charge in [-0.2, -0.15) is 0 Å². The first-order valence-electron chi connectivity index (χ1n) is 14.5. The van der Waals surface area contributed by atoms with Gasteiger partial charge in [0.25, 0.3) is 0 Å². The van der Waals surface area contributed by atoms with Gasteiger partial charge in [0.15, 0.2) is 0 Å². The van der Waals surface area contributed by atoms with Crippen LogP contribution in [0.2, 0.25) is 0 Å². The Kier molecular flexibility index (Phi) is 16.6. The van der Waals surface area contributed by atoms with E-state index in [0.717, 1.165) is 35.3 Å². The van der Waals surface area contributed by atoms with Crippen LogP contribution in [0.3, 0.4) is 0 Å². The second kappa shape index (κ2) is 20.2. The van der Waals surface area contributed by atoms with Gasteiger partial charge in [0.2, 0.25) is 0 Å². The maximum Gasteiger partial charge on any atom is 0.330 e. The normalized spacial score (nSPS) is 13.8. The zero-order valence-electron chi connectivity index (χ0n) is 25.5. The van der Waals surface area contributed by atoms with E-state index in [4.69, 9.17) is 23.7 Å². The third-order valence-corrected chi connectivity index (χ3v) is 6.64. The Hall–Kier alpha value is -3.68. The van der Waals surface area contributed by atoms with Gasteiger partial charge in [-0.15, -0.1) is 6.58 Å². The number of hydrogen-bond donors (Lipinski definition) is 0. The summed E-state index contributed by atoms with van der Waals surface area (Å²) < 4.78 is 28.0. The number of ether oxygens (including phenoxy) is 5. The first kappa shape index (κ1) is 34.5. The van der Waals surface area contributed by atoms with E-state index >= 15 is 0 Å². The molecule has 228 valence electrons. The number of carbonyl (C=O) groups excluding carboxylic acids is 2. The van der Waals surface area contributed by atoms with Crippen molar-refractivity contribution in [3.63, 3.8) is 0 Å². The van der Waals surface area contributed by atoms with Gasteiger partial charge in [-0.3, -0.25) is 4.79 Å². The summed E-state index contributed by atoms with van der Waals surface area (Å²) in [6, 6.07) is 17.7. The molecule has 0 N–H and O–H groups in total. The molecule has 2 rings (SSSR count). The van der Waals surface area contributed by atoms with Gasteiger partial charge >= 0.3 is 11.9 Å². The van der Waals surface area contributed by atoms with Gasteiger partial charge in [0, 0.05) is 25.3 Å². The minimum absolute atomic E-state index is 0.0423. The average molecular weight is 579 g/mol. The fourth-order valence-electron chi connectivity index (χ4n) is 4.10.